The summed E-state index contributed by atoms with van der Waals surface area (Å²) in [6, 6.07) is 4.36. The molecule has 21 heavy (non-hydrogen) atoms. The van der Waals surface area contributed by atoms with Crippen molar-refractivity contribution < 1.29 is 19.6 Å². The summed E-state index contributed by atoms with van der Waals surface area (Å²) in [5.74, 6) is -1.46. The second kappa shape index (κ2) is 6.09. The molecule has 1 heterocycles. The summed E-state index contributed by atoms with van der Waals surface area (Å²) >= 11 is 0. The summed E-state index contributed by atoms with van der Waals surface area (Å²) in [5.41, 5.74) is 1.59. The first kappa shape index (κ1) is 15.2. The summed E-state index contributed by atoms with van der Waals surface area (Å²) in [7, 11) is 0. The third-order valence-corrected chi connectivity index (χ3v) is 3.81. The van der Waals surface area contributed by atoms with Crippen molar-refractivity contribution in [3.05, 3.63) is 33.9 Å². The Labute approximate surface area is 122 Å². The predicted molar refractivity (Wildman–Crippen MR) is 76.6 cm³/mol. The molecule has 0 amide bonds. The van der Waals surface area contributed by atoms with Gasteiger partial charge in [-0.1, -0.05) is 0 Å². The first-order valence-electron chi connectivity index (χ1n) is 6.78. The van der Waals surface area contributed by atoms with Crippen LogP contribution in [0.5, 0.6) is 0 Å². The van der Waals surface area contributed by atoms with Crippen molar-refractivity contribution in [1.29, 1.82) is 0 Å². The molecule has 1 fully saturated rings. The van der Waals surface area contributed by atoms with E-state index in [1.54, 1.807) is 13.0 Å². The molecule has 0 bridgehead atoms. The van der Waals surface area contributed by atoms with Gasteiger partial charge in [-0.05, 0) is 25.5 Å². The van der Waals surface area contributed by atoms with Crippen LogP contribution in [-0.4, -0.2) is 41.8 Å². The molecule has 0 aromatic heterocycles. The Kier molecular flexibility index (Phi) is 4.42. The molecule has 0 radical (unpaired) electrons. The smallest absolute Gasteiger partial charge is 0.311 e. The van der Waals surface area contributed by atoms with Crippen molar-refractivity contribution in [3.8, 4) is 0 Å². The van der Waals surface area contributed by atoms with Gasteiger partial charge in [-0.25, -0.2) is 0 Å². The van der Waals surface area contributed by atoms with Crippen molar-refractivity contribution in [3.63, 3.8) is 0 Å². The van der Waals surface area contributed by atoms with Gasteiger partial charge in [0.25, 0.3) is 5.69 Å². The number of nitro groups is 1. The van der Waals surface area contributed by atoms with Gasteiger partial charge in [0.15, 0.2) is 0 Å². The third-order valence-electron chi connectivity index (χ3n) is 3.81. The van der Waals surface area contributed by atoms with E-state index in [0.717, 1.165) is 11.3 Å². The van der Waals surface area contributed by atoms with Crippen molar-refractivity contribution in [2.75, 3.05) is 24.7 Å². The monoisotopic (exact) mass is 294 g/mol. The Morgan fingerprint density at radius 3 is 2.76 bits per heavy atom. The van der Waals surface area contributed by atoms with Crippen LogP contribution in [0.1, 0.15) is 12.5 Å². The van der Waals surface area contributed by atoms with E-state index < -0.39 is 16.8 Å². The Hall–Kier alpha value is -2.15. The first-order valence-corrected chi connectivity index (χ1v) is 6.78. The molecule has 0 saturated carbocycles. The summed E-state index contributed by atoms with van der Waals surface area (Å²) in [6.07, 6.45) is 0. The third kappa shape index (κ3) is 2.97. The number of carboxylic acid groups (broad SMARTS) is 1. The van der Waals surface area contributed by atoms with Crippen LogP contribution in [0.4, 0.5) is 11.4 Å². The van der Waals surface area contributed by atoms with Gasteiger partial charge in [-0.15, -0.1) is 0 Å². The minimum absolute atomic E-state index is 0.0322. The minimum atomic E-state index is -0.879. The molecule has 7 nitrogen and oxygen atoms in total. The molecular formula is C14H18N2O5. The number of hydrogen-bond donors (Lipinski definition) is 1. The number of aliphatic carboxylic acids is 1. The predicted octanol–water partition coefficient (Wildman–Crippen LogP) is 1.83. The number of carboxylic acids is 1. The molecule has 1 aromatic rings. The van der Waals surface area contributed by atoms with E-state index in [1.807, 2.05) is 11.8 Å². The molecule has 1 aliphatic heterocycles. The molecule has 1 aromatic carbocycles. The number of nitrogens with zero attached hydrogens (tertiary/aromatic N) is 2. The number of likely N-dealkylation sites (N-methyl/N-ethyl adjacent to an activating group) is 1. The lowest BCUT2D eigenvalue weighted by molar-refractivity contribution is -0.384. The molecule has 0 spiro atoms. The lowest BCUT2D eigenvalue weighted by Gasteiger charge is -2.32. The van der Waals surface area contributed by atoms with Crippen molar-refractivity contribution in [1.82, 2.24) is 0 Å². The van der Waals surface area contributed by atoms with E-state index in [-0.39, 0.29) is 18.3 Å². The zero-order chi connectivity index (χ0) is 15.6. The van der Waals surface area contributed by atoms with Gasteiger partial charge in [0.2, 0.25) is 0 Å². The molecule has 2 atom stereocenters. The normalized spacial score (nSPS) is 21.2. The zero-order valence-electron chi connectivity index (χ0n) is 12.0. The molecule has 2 unspecified atom stereocenters. The molecule has 1 aliphatic rings. The van der Waals surface area contributed by atoms with E-state index in [9.17, 15) is 20.0 Å². The minimum Gasteiger partial charge on any atom is -0.481 e. The first-order chi connectivity index (χ1) is 9.95. The van der Waals surface area contributed by atoms with Crippen LogP contribution in [0.25, 0.3) is 0 Å². The molecule has 0 aliphatic carbocycles. The lowest BCUT2D eigenvalue weighted by atomic mass is 10.0. The Morgan fingerprint density at radius 1 is 1.52 bits per heavy atom. The fourth-order valence-corrected chi connectivity index (χ4v) is 2.74. The fourth-order valence-electron chi connectivity index (χ4n) is 2.74. The number of rotatable bonds is 5. The standard InChI is InChI=1S/C14H18N2O5/c1-3-15(13-8-21-7-11(13)14(17)18)12-5-4-10(16(19)20)6-9(12)2/h4-6,11,13H,3,7-8H2,1-2H3,(H,17,18). The highest BCUT2D eigenvalue weighted by Crippen LogP contribution is 2.30. The molecule has 1 saturated heterocycles. The molecule has 2 rings (SSSR count). The zero-order valence-corrected chi connectivity index (χ0v) is 12.0. The van der Waals surface area contributed by atoms with Gasteiger partial charge < -0.3 is 14.7 Å². The van der Waals surface area contributed by atoms with Crippen molar-refractivity contribution >= 4 is 17.3 Å². The highest BCUT2D eigenvalue weighted by Gasteiger charge is 2.38. The van der Waals surface area contributed by atoms with Crippen LogP contribution in [0.15, 0.2) is 18.2 Å². The largest absolute Gasteiger partial charge is 0.481 e. The van der Waals surface area contributed by atoms with E-state index >= 15 is 0 Å². The van der Waals surface area contributed by atoms with Crippen LogP contribution >= 0.6 is 0 Å². The highest BCUT2D eigenvalue weighted by atomic mass is 16.6. The number of benzene rings is 1. The number of non-ortho nitro benzene ring substituents is 1. The number of aryl methyl sites for hydroxylation is 1. The van der Waals surface area contributed by atoms with E-state index in [4.69, 9.17) is 4.74 Å². The van der Waals surface area contributed by atoms with E-state index in [0.29, 0.717) is 13.2 Å². The van der Waals surface area contributed by atoms with Crippen molar-refractivity contribution in [2.24, 2.45) is 5.92 Å². The summed E-state index contributed by atoms with van der Waals surface area (Å²) < 4.78 is 5.31. The van der Waals surface area contributed by atoms with Crippen LogP contribution < -0.4 is 4.90 Å². The summed E-state index contributed by atoms with van der Waals surface area (Å²) in [5, 5.41) is 20.1. The maximum Gasteiger partial charge on any atom is 0.311 e. The summed E-state index contributed by atoms with van der Waals surface area (Å²) in [6.45, 7) is 4.87. The van der Waals surface area contributed by atoms with Gasteiger partial charge in [-0.3, -0.25) is 14.9 Å². The Balaban J connectivity index is 2.33. The van der Waals surface area contributed by atoms with Crippen molar-refractivity contribution in [2.45, 2.75) is 19.9 Å². The van der Waals surface area contributed by atoms with E-state index in [1.165, 1.54) is 12.1 Å². The van der Waals surface area contributed by atoms with Gasteiger partial charge >= 0.3 is 5.97 Å². The number of hydrogen-bond acceptors (Lipinski definition) is 5. The molecule has 114 valence electrons. The average molecular weight is 294 g/mol. The quantitative estimate of drug-likeness (QED) is 0.658. The number of ether oxygens (including phenoxy) is 1. The maximum absolute atomic E-state index is 11.3. The number of anilines is 1. The van der Waals surface area contributed by atoms with Gasteiger partial charge in [0.1, 0.15) is 5.92 Å². The SMILES string of the molecule is CCN(c1ccc([N+](=O)[O-])cc1C)C1COCC1C(=O)O. The van der Waals surface area contributed by atoms with Gasteiger partial charge in [0, 0.05) is 24.4 Å². The highest BCUT2D eigenvalue weighted by molar-refractivity contribution is 5.73. The second-order valence-electron chi connectivity index (χ2n) is 5.06. The summed E-state index contributed by atoms with van der Waals surface area (Å²) in [4.78, 5) is 23.6. The Morgan fingerprint density at radius 2 is 2.24 bits per heavy atom. The van der Waals surface area contributed by atoms with Gasteiger partial charge in [0.05, 0.1) is 24.2 Å². The number of carbonyl (C=O) groups is 1. The maximum atomic E-state index is 11.3. The van der Waals surface area contributed by atoms with E-state index in [2.05, 4.69) is 0 Å². The van der Waals surface area contributed by atoms with Crippen LogP contribution in [0.2, 0.25) is 0 Å². The second-order valence-corrected chi connectivity index (χ2v) is 5.06. The molecule has 7 heteroatoms. The van der Waals surface area contributed by atoms with Crippen LogP contribution in [0.3, 0.4) is 0 Å². The van der Waals surface area contributed by atoms with Crippen LogP contribution in [-0.2, 0) is 9.53 Å². The topological polar surface area (TPSA) is 92.9 Å². The fraction of sp³-hybridized carbons (Fsp3) is 0.500. The Bertz CT molecular complexity index is 560. The van der Waals surface area contributed by atoms with Gasteiger partial charge in [-0.2, -0.15) is 0 Å². The average Bonchev–Trinajstić information content (AvgIpc) is 2.90. The molecular weight excluding hydrogens is 276 g/mol. The number of nitro benzene ring substituents is 1. The lowest BCUT2D eigenvalue weighted by Crippen LogP contribution is -2.43. The van der Waals surface area contributed by atoms with Crippen LogP contribution in [0, 0.1) is 23.0 Å². The molecule has 1 N–H and O–H groups in total.